The van der Waals surface area contributed by atoms with Crippen LogP contribution in [0.15, 0.2) is 30.5 Å². The highest BCUT2D eigenvalue weighted by Gasteiger charge is 2.08. The molecule has 2 aromatic heterocycles. The summed E-state index contributed by atoms with van der Waals surface area (Å²) in [4.78, 5) is 11.7. The van der Waals surface area contributed by atoms with E-state index in [0.717, 1.165) is 11.1 Å². The zero-order valence-electron chi connectivity index (χ0n) is 9.11. The largest absolute Gasteiger partial charge is 0.397 e. The molecule has 0 bridgehead atoms. The quantitative estimate of drug-likeness (QED) is 0.716. The maximum absolute atomic E-state index is 5.98. The fraction of sp³-hybridized carbons (Fsp3) is 0. The molecule has 0 unspecified atom stereocenters. The predicted octanol–water partition coefficient (Wildman–Crippen LogP) is 3.51. The molecule has 90 valence electrons. The number of rotatable bonds is 1. The molecule has 0 saturated heterocycles. The summed E-state index contributed by atoms with van der Waals surface area (Å²) >= 11 is 11.9. The first-order valence-corrected chi connectivity index (χ1v) is 5.96. The molecule has 2 heterocycles. The summed E-state index contributed by atoms with van der Waals surface area (Å²) in [6, 6.07) is 7.09. The lowest BCUT2D eigenvalue weighted by Crippen LogP contribution is -1.85. The van der Waals surface area contributed by atoms with Gasteiger partial charge in [0.15, 0.2) is 5.65 Å². The molecule has 0 amide bonds. The van der Waals surface area contributed by atoms with Crippen LogP contribution in [0.1, 0.15) is 0 Å². The first kappa shape index (κ1) is 11.3. The topological polar surface area (TPSA) is 67.6 Å². The molecular weight excluding hydrogens is 271 g/mol. The molecule has 18 heavy (non-hydrogen) atoms. The minimum atomic E-state index is 0.488. The summed E-state index contributed by atoms with van der Waals surface area (Å²) in [5.41, 5.74) is 8.49. The Hall–Kier alpha value is -1.78. The van der Waals surface area contributed by atoms with Crippen molar-refractivity contribution < 1.29 is 0 Å². The van der Waals surface area contributed by atoms with E-state index < -0.39 is 0 Å². The van der Waals surface area contributed by atoms with Gasteiger partial charge >= 0.3 is 0 Å². The van der Waals surface area contributed by atoms with Gasteiger partial charge in [0.1, 0.15) is 11.3 Å². The number of hydrogen-bond donors (Lipinski definition) is 2. The van der Waals surface area contributed by atoms with Crippen molar-refractivity contribution in [1.82, 2.24) is 15.0 Å². The SMILES string of the molecule is Nc1cnc2[nH]c(-c3ccc(Cl)c(Cl)c3)nc2c1. The van der Waals surface area contributed by atoms with Gasteiger partial charge in [-0.05, 0) is 24.3 Å². The molecule has 3 N–H and O–H groups in total. The van der Waals surface area contributed by atoms with Gasteiger partial charge in [-0.2, -0.15) is 0 Å². The molecule has 0 radical (unpaired) electrons. The Balaban J connectivity index is 2.16. The van der Waals surface area contributed by atoms with E-state index in [1.807, 2.05) is 6.07 Å². The number of aromatic amines is 1. The van der Waals surface area contributed by atoms with E-state index in [0.29, 0.717) is 27.2 Å². The van der Waals surface area contributed by atoms with Crippen LogP contribution >= 0.6 is 23.2 Å². The zero-order valence-corrected chi connectivity index (χ0v) is 10.6. The van der Waals surface area contributed by atoms with Crippen LogP contribution in [-0.2, 0) is 0 Å². The highest BCUT2D eigenvalue weighted by molar-refractivity contribution is 6.42. The van der Waals surface area contributed by atoms with Gasteiger partial charge in [-0.15, -0.1) is 0 Å². The van der Waals surface area contributed by atoms with E-state index in [9.17, 15) is 0 Å². The number of nitrogen functional groups attached to an aromatic ring is 1. The number of benzene rings is 1. The second-order valence-corrected chi connectivity index (χ2v) is 4.67. The first-order chi connectivity index (χ1) is 8.63. The van der Waals surface area contributed by atoms with Gasteiger partial charge in [0, 0.05) is 5.56 Å². The molecule has 6 heteroatoms. The van der Waals surface area contributed by atoms with Gasteiger partial charge in [-0.1, -0.05) is 23.2 Å². The number of pyridine rings is 1. The second-order valence-electron chi connectivity index (χ2n) is 3.85. The molecule has 0 aliphatic rings. The molecule has 0 fully saturated rings. The van der Waals surface area contributed by atoms with Gasteiger partial charge in [-0.3, -0.25) is 0 Å². The van der Waals surface area contributed by atoms with E-state index in [4.69, 9.17) is 28.9 Å². The van der Waals surface area contributed by atoms with E-state index in [1.165, 1.54) is 0 Å². The first-order valence-electron chi connectivity index (χ1n) is 5.20. The number of nitrogens with zero attached hydrogens (tertiary/aromatic N) is 2. The van der Waals surface area contributed by atoms with Crippen molar-refractivity contribution in [2.45, 2.75) is 0 Å². The number of fused-ring (bicyclic) bond motifs is 1. The van der Waals surface area contributed by atoms with Crippen LogP contribution in [0.2, 0.25) is 10.0 Å². The Labute approximate surface area is 113 Å². The molecule has 0 saturated carbocycles. The summed E-state index contributed by atoms with van der Waals surface area (Å²) in [7, 11) is 0. The van der Waals surface area contributed by atoms with E-state index in [1.54, 1.807) is 24.4 Å². The fourth-order valence-corrected chi connectivity index (χ4v) is 1.99. The number of nitrogens with two attached hydrogens (primary N) is 1. The lowest BCUT2D eigenvalue weighted by atomic mass is 10.2. The summed E-state index contributed by atoms with van der Waals surface area (Å²) in [6.45, 7) is 0. The number of halogens is 2. The maximum atomic E-state index is 5.98. The minimum absolute atomic E-state index is 0.488. The van der Waals surface area contributed by atoms with Gasteiger partial charge < -0.3 is 10.7 Å². The van der Waals surface area contributed by atoms with Gasteiger partial charge in [0.25, 0.3) is 0 Å². The number of anilines is 1. The minimum Gasteiger partial charge on any atom is -0.397 e. The summed E-state index contributed by atoms with van der Waals surface area (Å²) in [5, 5.41) is 1.00. The van der Waals surface area contributed by atoms with Crippen LogP contribution < -0.4 is 5.73 Å². The van der Waals surface area contributed by atoms with Crippen LogP contribution in [0.3, 0.4) is 0 Å². The zero-order chi connectivity index (χ0) is 12.7. The highest BCUT2D eigenvalue weighted by Crippen LogP contribution is 2.28. The molecule has 0 atom stereocenters. The number of nitrogens with one attached hydrogen (secondary N) is 1. The van der Waals surface area contributed by atoms with Crippen molar-refractivity contribution in [1.29, 1.82) is 0 Å². The summed E-state index contributed by atoms with van der Waals surface area (Å²) < 4.78 is 0. The number of aromatic nitrogens is 3. The highest BCUT2D eigenvalue weighted by atomic mass is 35.5. The van der Waals surface area contributed by atoms with Crippen molar-refractivity contribution in [2.75, 3.05) is 5.73 Å². The summed E-state index contributed by atoms with van der Waals surface area (Å²) in [5.74, 6) is 0.682. The lowest BCUT2D eigenvalue weighted by Gasteiger charge is -1.98. The Morgan fingerprint density at radius 2 is 1.94 bits per heavy atom. The van der Waals surface area contributed by atoms with Gasteiger partial charge in [-0.25, -0.2) is 9.97 Å². The van der Waals surface area contributed by atoms with Crippen LogP contribution in [-0.4, -0.2) is 15.0 Å². The van der Waals surface area contributed by atoms with E-state index >= 15 is 0 Å². The van der Waals surface area contributed by atoms with Crippen LogP contribution in [0.4, 0.5) is 5.69 Å². The molecule has 0 spiro atoms. The Morgan fingerprint density at radius 3 is 2.72 bits per heavy atom. The third-order valence-corrected chi connectivity index (χ3v) is 3.29. The Bertz CT molecular complexity index is 736. The number of hydrogen-bond acceptors (Lipinski definition) is 3. The van der Waals surface area contributed by atoms with Crippen LogP contribution in [0.25, 0.3) is 22.6 Å². The fourth-order valence-electron chi connectivity index (χ4n) is 1.69. The molecule has 1 aromatic carbocycles. The van der Waals surface area contributed by atoms with Crippen molar-refractivity contribution >= 4 is 40.1 Å². The van der Waals surface area contributed by atoms with Gasteiger partial charge in [0.05, 0.1) is 21.9 Å². The maximum Gasteiger partial charge on any atom is 0.157 e. The average Bonchev–Trinajstić information content (AvgIpc) is 2.75. The molecule has 3 rings (SSSR count). The molecule has 4 nitrogen and oxygen atoms in total. The lowest BCUT2D eigenvalue weighted by molar-refractivity contribution is 1.30. The molecular formula is C12H8Cl2N4. The Morgan fingerprint density at radius 1 is 1.11 bits per heavy atom. The third-order valence-electron chi connectivity index (χ3n) is 2.55. The van der Waals surface area contributed by atoms with Crippen molar-refractivity contribution in [3.63, 3.8) is 0 Å². The van der Waals surface area contributed by atoms with Crippen molar-refractivity contribution in [3.05, 3.63) is 40.5 Å². The van der Waals surface area contributed by atoms with E-state index in [2.05, 4.69) is 15.0 Å². The monoisotopic (exact) mass is 278 g/mol. The van der Waals surface area contributed by atoms with Crippen molar-refractivity contribution in [3.8, 4) is 11.4 Å². The second kappa shape index (κ2) is 4.15. The molecule has 0 aliphatic heterocycles. The van der Waals surface area contributed by atoms with Gasteiger partial charge in [0.2, 0.25) is 0 Å². The van der Waals surface area contributed by atoms with Crippen LogP contribution in [0.5, 0.6) is 0 Å². The third kappa shape index (κ3) is 1.89. The number of H-pyrrole nitrogens is 1. The molecule has 0 aliphatic carbocycles. The smallest absolute Gasteiger partial charge is 0.157 e. The Kier molecular flexibility index (Phi) is 2.61. The standard InChI is InChI=1S/C12H8Cl2N4/c13-8-2-1-6(3-9(8)14)11-17-10-4-7(15)5-16-12(10)18-11/h1-5H,15H2,(H,16,17,18). The average molecular weight is 279 g/mol. The number of imidazole rings is 1. The van der Waals surface area contributed by atoms with Crippen molar-refractivity contribution in [2.24, 2.45) is 0 Å². The molecule has 3 aromatic rings. The summed E-state index contributed by atoms with van der Waals surface area (Å²) in [6.07, 6.45) is 1.58. The predicted molar refractivity (Wildman–Crippen MR) is 73.8 cm³/mol. The van der Waals surface area contributed by atoms with Crippen LogP contribution in [0, 0.1) is 0 Å². The van der Waals surface area contributed by atoms with E-state index in [-0.39, 0.29) is 0 Å². The normalized spacial score (nSPS) is 11.0.